The summed E-state index contributed by atoms with van der Waals surface area (Å²) in [4.78, 5) is 0. The molecule has 7 heteroatoms. The van der Waals surface area contributed by atoms with Crippen molar-refractivity contribution < 1.29 is 22.1 Å². The summed E-state index contributed by atoms with van der Waals surface area (Å²) in [6, 6.07) is 20.2. The van der Waals surface area contributed by atoms with Crippen LogP contribution in [0.2, 0.25) is 0 Å². The van der Waals surface area contributed by atoms with Gasteiger partial charge in [-0.15, -0.1) is 0 Å². The second-order valence-corrected chi connectivity index (χ2v) is 13.0. The fourth-order valence-corrected chi connectivity index (χ4v) is 7.15. The van der Waals surface area contributed by atoms with Crippen molar-refractivity contribution in [2.45, 2.75) is 33.0 Å². The molecular weight excluding hydrogens is 404 g/mol. The van der Waals surface area contributed by atoms with E-state index in [1.165, 1.54) is 0 Å². The highest BCUT2D eigenvalue weighted by Gasteiger charge is 2.59. The standard InChI is InChI=1S/C22H30O5SSi/c1-21(2,3)19-15-22(23,27-28(4,24)25)20(19)16-26-29(17-11-7-5-8-12-17)18-13-9-6-10-14-18/h5-14,19-20,23,29H,15-16H2,1-4H3/t19-,20?,22+/m0/s1. The van der Waals surface area contributed by atoms with Crippen LogP contribution in [-0.2, 0) is 18.7 Å². The lowest BCUT2D eigenvalue weighted by Crippen LogP contribution is -2.62. The Kier molecular flexibility index (Phi) is 6.36. The van der Waals surface area contributed by atoms with Gasteiger partial charge in [0.15, 0.2) is 5.79 Å². The highest BCUT2D eigenvalue weighted by Crippen LogP contribution is 2.53. The van der Waals surface area contributed by atoms with Crippen molar-refractivity contribution in [3.8, 4) is 0 Å². The molecule has 1 N–H and O–H groups in total. The minimum atomic E-state index is -3.78. The van der Waals surface area contributed by atoms with Crippen LogP contribution < -0.4 is 10.4 Å². The molecule has 0 aliphatic heterocycles. The monoisotopic (exact) mass is 434 g/mol. The van der Waals surface area contributed by atoms with Crippen molar-refractivity contribution >= 4 is 29.5 Å². The van der Waals surface area contributed by atoms with Gasteiger partial charge in [-0.1, -0.05) is 81.4 Å². The van der Waals surface area contributed by atoms with Gasteiger partial charge >= 0.3 is 0 Å². The molecule has 0 bridgehead atoms. The van der Waals surface area contributed by atoms with Crippen LogP contribution in [0, 0.1) is 17.3 Å². The van der Waals surface area contributed by atoms with E-state index in [0.29, 0.717) is 0 Å². The van der Waals surface area contributed by atoms with E-state index in [9.17, 15) is 13.5 Å². The average molecular weight is 435 g/mol. The first-order valence-electron chi connectivity index (χ1n) is 9.84. The van der Waals surface area contributed by atoms with Gasteiger partial charge in [0.2, 0.25) is 9.04 Å². The third kappa shape index (κ3) is 5.35. The van der Waals surface area contributed by atoms with Crippen molar-refractivity contribution in [1.29, 1.82) is 0 Å². The highest BCUT2D eigenvalue weighted by atomic mass is 32.2. The van der Waals surface area contributed by atoms with E-state index in [4.69, 9.17) is 8.61 Å². The maximum atomic E-state index is 11.7. The maximum absolute atomic E-state index is 11.7. The van der Waals surface area contributed by atoms with Gasteiger partial charge in [-0.25, -0.2) is 4.18 Å². The minimum Gasteiger partial charge on any atom is -0.410 e. The van der Waals surface area contributed by atoms with E-state index in [2.05, 4.69) is 45.0 Å². The number of hydrogen-bond donors (Lipinski definition) is 1. The fraction of sp³-hybridized carbons (Fsp3) is 0.455. The van der Waals surface area contributed by atoms with Gasteiger partial charge in [0, 0.05) is 18.9 Å². The Bertz CT molecular complexity index is 872. The first-order chi connectivity index (χ1) is 13.5. The summed E-state index contributed by atoms with van der Waals surface area (Å²) in [7, 11) is -5.78. The summed E-state index contributed by atoms with van der Waals surface area (Å²) in [5.74, 6) is -2.03. The van der Waals surface area contributed by atoms with Crippen LogP contribution in [-0.4, -0.2) is 41.2 Å². The van der Waals surface area contributed by atoms with E-state index in [-0.39, 0.29) is 24.4 Å². The highest BCUT2D eigenvalue weighted by molar-refractivity contribution is 7.86. The van der Waals surface area contributed by atoms with E-state index in [1.807, 2.05) is 36.4 Å². The lowest BCUT2D eigenvalue weighted by atomic mass is 9.58. The second kappa shape index (κ2) is 8.32. The molecule has 3 rings (SSSR count). The zero-order valence-electron chi connectivity index (χ0n) is 17.4. The lowest BCUT2D eigenvalue weighted by Gasteiger charge is -2.55. The summed E-state index contributed by atoms with van der Waals surface area (Å²) < 4.78 is 35.0. The molecule has 0 heterocycles. The molecule has 1 aliphatic carbocycles. The molecule has 2 aromatic rings. The number of hydrogen-bond acceptors (Lipinski definition) is 5. The van der Waals surface area contributed by atoms with Gasteiger partial charge in [0.1, 0.15) is 0 Å². The topological polar surface area (TPSA) is 72.8 Å². The quantitative estimate of drug-likeness (QED) is 0.409. The van der Waals surface area contributed by atoms with Crippen molar-refractivity contribution in [3.63, 3.8) is 0 Å². The normalized spacial score (nSPS) is 25.0. The van der Waals surface area contributed by atoms with Crippen LogP contribution in [0.1, 0.15) is 27.2 Å². The van der Waals surface area contributed by atoms with Crippen molar-refractivity contribution in [3.05, 3.63) is 60.7 Å². The summed E-state index contributed by atoms with van der Waals surface area (Å²) in [6.07, 6.45) is 1.25. The minimum absolute atomic E-state index is 0.0930. The van der Waals surface area contributed by atoms with Gasteiger partial charge in [0.25, 0.3) is 10.1 Å². The van der Waals surface area contributed by atoms with Crippen molar-refractivity contribution in [2.75, 3.05) is 12.9 Å². The SMILES string of the molecule is CC(C)(C)[C@H]1C[C@@](O)(OS(C)(=O)=O)C1CO[SiH](c1ccccc1)c1ccccc1. The predicted octanol–water partition coefficient (Wildman–Crippen LogP) is 1.89. The first-order valence-corrected chi connectivity index (χ1v) is 13.3. The summed E-state index contributed by atoms with van der Waals surface area (Å²) >= 11 is 0. The van der Waals surface area contributed by atoms with Gasteiger partial charge in [0.05, 0.1) is 6.26 Å². The first kappa shape index (κ1) is 22.2. The van der Waals surface area contributed by atoms with Gasteiger partial charge in [-0.3, -0.25) is 0 Å². The summed E-state index contributed by atoms with van der Waals surface area (Å²) in [5.41, 5.74) is -0.0995. The Morgan fingerprint density at radius 3 is 1.93 bits per heavy atom. The zero-order valence-corrected chi connectivity index (χ0v) is 19.4. The third-order valence-corrected chi connectivity index (χ3v) is 8.73. The summed E-state index contributed by atoms with van der Waals surface area (Å²) in [5, 5.41) is 13.2. The zero-order chi connectivity index (χ0) is 21.3. The molecule has 1 aliphatic rings. The van der Waals surface area contributed by atoms with Gasteiger partial charge in [-0.05, 0) is 21.7 Å². The largest absolute Gasteiger partial charge is 0.410 e. The van der Waals surface area contributed by atoms with Crippen LogP contribution >= 0.6 is 0 Å². The van der Waals surface area contributed by atoms with Crippen LogP contribution in [0.3, 0.4) is 0 Å². The summed E-state index contributed by atoms with van der Waals surface area (Å²) in [6.45, 7) is 6.52. The van der Waals surface area contributed by atoms with Crippen LogP contribution in [0.5, 0.6) is 0 Å². The second-order valence-electron chi connectivity index (χ2n) is 8.95. The molecule has 0 spiro atoms. The van der Waals surface area contributed by atoms with Crippen LogP contribution in [0.25, 0.3) is 0 Å². The molecule has 158 valence electrons. The van der Waals surface area contributed by atoms with Gasteiger partial charge in [-0.2, -0.15) is 8.42 Å². The Morgan fingerprint density at radius 1 is 1.03 bits per heavy atom. The molecule has 1 unspecified atom stereocenters. The van der Waals surface area contributed by atoms with E-state index < -0.39 is 30.9 Å². The lowest BCUT2D eigenvalue weighted by molar-refractivity contribution is -0.283. The van der Waals surface area contributed by atoms with Gasteiger partial charge < -0.3 is 9.53 Å². The van der Waals surface area contributed by atoms with Crippen LogP contribution in [0.15, 0.2) is 60.7 Å². The molecule has 0 radical (unpaired) electrons. The average Bonchev–Trinajstić information content (AvgIpc) is 2.63. The van der Waals surface area contributed by atoms with Crippen molar-refractivity contribution in [2.24, 2.45) is 17.3 Å². The molecule has 0 amide bonds. The predicted molar refractivity (Wildman–Crippen MR) is 117 cm³/mol. The molecule has 5 nitrogen and oxygen atoms in total. The number of rotatable bonds is 7. The van der Waals surface area contributed by atoms with Crippen molar-refractivity contribution in [1.82, 2.24) is 0 Å². The van der Waals surface area contributed by atoms with Crippen LogP contribution in [0.4, 0.5) is 0 Å². The Morgan fingerprint density at radius 2 is 1.52 bits per heavy atom. The molecule has 2 aromatic carbocycles. The Hall–Kier alpha value is -1.51. The molecule has 29 heavy (non-hydrogen) atoms. The van der Waals surface area contributed by atoms with E-state index in [1.54, 1.807) is 0 Å². The van der Waals surface area contributed by atoms with E-state index in [0.717, 1.165) is 16.6 Å². The Balaban J connectivity index is 1.85. The molecule has 1 saturated carbocycles. The molecular formula is C22H30O5SSi. The molecule has 0 saturated heterocycles. The van der Waals surface area contributed by atoms with E-state index >= 15 is 0 Å². The number of aliphatic hydroxyl groups is 1. The maximum Gasteiger partial charge on any atom is 0.267 e. The molecule has 1 fully saturated rings. The number of benzene rings is 2. The Labute approximate surface area is 175 Å². The molecule has 0 aromatic heterocycles. The third-order valence-electron chi connectivity index (χ3n) is 5.63. The molecule has 3 atom stereocenters. The fourth-order valence-electron chi connectivity index (χ4n) is 4.12. The smallest absolute Gasteiger partial charge is 0.267 e.